The summed E-state index contributed by atoms with van der Waals surface area (Å²) in [5.74, 6) is 0. The van der Waals surface area contributed by atoms with Crippen LogP contribution in [0.3, 0.4) is 0 Å². The molecule has 0 aliphatic heterocycles. The molecule has 1 aliphatic rings. The molecule has 0 bridgehead atoms. The topological polar surface area (TPSA) is 29.3 Å². The summed E-state index contributed by atoms with van der Waals surface area (Å²) in [5.41, 5.74) is 7.31. The lowest BCUT2D eigenvalue weighted by atomic mass is 9.90. The molecule has 1 aromatic rings. The molecule has 16 heavy (non-hydrogen) atoms. The van der Waals surface area contributed by atoms with Gasteiger partial charge in [-0.2, -0.15) is 0 Å². The molecule has 2 rings (SSSR count). The quantitative estimate of drug-likeness (QED) is 0.845. The second-order valence-electron chi connectivity index (χ2n) is 4.69. The van der Waals surface area contributed by atoms with Gasteiger partial charge in [0.2, 0.25) is 0 Å². The standard InChI is InChI=1S/C14H22N2/c1-2-16(13-6-4-3-5-7-13)14-10-8-12(15)9-11-14/h3-7,12,14H,2,8-11,15H2,1H3. The van der Waals surface area contributed by atoms with E-state index in [1.165, 1.54) is 31.4 Å². The van der Waals surface area contributed by atoms with Crippen molar-refractivity contribution >= 4 is 5.69 Å². The molecule has 0 radical (unpaired) electrons. The molecule has 0 heterocycles. The lowest BCUT2D eigenvalue weighted by Crippen LogP contribution is -2.40. The number of para-hydroxylation sites is 1. The third-order valence-corrected chi connectivity index (χ3v) is 3.61. The maximum absolute atomic E-state index is 5.96. The molecule has 1 aliphatic carbocycles. The van der Waals surface area contributed by atoms with E-state index in [1.807, 2.05) is 0 Å². The van der Waals surface area contributed by atoms with Gasteiger partial charge >= 0.3 is 0 Å². The van der Waals surface area contributed by atoms with Crippen molar-refractivity contribution in [1.29, 1.82) is 0 Å². The van der Waals surface area contributed by atoms with Crippen molar-refractivity contribution in [2.75, 3.05) is 11.4 Å². The average Bonchev–Trinajstić information content (AvgIpc) is 2.34. The third kappa shape index (κ3) is 2.56. The molecule has 0 atom stereocenters. The van der Waals surface area contributed by atoms with Crippen molar-refractivity contribution in [3.05, 3.63) is 30.3 Å². The normalized spacial score (nSPS) is 25.4. The van der Waals surface area contributed by atoms with Gasteiger partial charge in [-0.05, 0) is 44.7 Å². The second kappa shape index (κ2) is 5.35. The summed E-state index contributed by atoms with van der Waals surface area (Å²) in [7, 11) is 0. The first-order chi connectivity index (χ1) is 7.81. The van der Waals surface area contributed by atoms with Gasteiger partial charge in [0.1, 0.15) is 0 Å². The van der Waals surface area contributed by atoms with Crippen molar-refractivity contribution in [2.45, 2.75) is 44.7 Å². The summed E-state index contributed by atoms with van der Waals surface area (Å²) >= 11 is 0. The lowest BCUT2D eigenvalue weighted by Gasteiger charge is -2.37. The smallest absolute Gasteiger partial charge is 0.0368 e. The van der Waals surface area contributed by atoms with Crippen LogP contribution in [-0.2, 0) is 0 Å². The number of benzene rings is 1. The molecule has 0 unspecified atom stereocenters. The van der Waals surface area contributed by atoms with Crippen LogP contribution in [0.5, 0.6) is 0 Å². The fourth-order valence-electron chi connectivity index (χ4n) is 2.68. The summed E-state index contributed by atoms with van der Waals surface area (Å²) in [6, 6.07) is 11.8. The Kier molecular flexibility index (Phi) is 3.83. The van der Waals surface area contributed by atoms with Crippen LogP contribution in [0.2, 0.25) is 0 Å². The molecule has 1 saturated carbocycles. The van der Waals surface area contributed by atoms with Crippen LogP contribution in [0.4, 0.5) is 5.69 Å². The molecule has 0 saturated heterocycles. The number of nitrogens with two attached hydrogens (primary N) is 1. The highest BCUT2D eigenvalue weighted by atomic mass is 15.2. The van der Waals surface area contributed by atoms with Gasteiger partial charge < -0.3 is 10.6 Å². The summed E-state index contributed by atoms with van der Waals surface area (Å²) in [6.45, 7) is 3.32. The zero-order valence-corrected chi connectivity index (χ0v) is 10.1. The average molecular weight is 218 g/mol. The van der Waals surface area contributed by atoms with E-state index in [-0.39, 0.29) is 0 Å². The van der Waals surface area contributed by atoms with Crippen LogP contribution in [0.1, 0.15) is 32.6 Å². The Morgan fingerprint density at radius 1 is 1.12 bits per heavy atom. The Morgan fingerprint density at radius 3 is 2.31 bits per heavy atom. The third-order valence-electron chi connectivity index (χ3n) is 3.61. The molecule has 88 valence electrons. The summed E-state index contributed by atoms with van der Waals surface area (Å²) in [6.07, 6.45) is 4.83. The Bertz CT molecular complexity index is 302. The maximum Gasteiger partial charge on any atom is 0.0368 e. The first kappa shape index (κ1) is 11.5. The van der Waals surface area contributed by atoms with E-state index in [0.29, 0.717) is 12.1 Å². The Hall–Kier alpha value is -1.02. The molecule has 2 N–H and O–H groups in total. The van der Waals surface area contributed by atoms with E-state index >= 15 is 0 Å². The highest BCUT2D eigenvalue weighted by Gasteiger charge is 2.23. The first-order valence-corrected chi connectivity index (χ1v) is 6.38. The van der Waals surface area contributed by atoms with Crippen LogP contribution >= 0.6 is 0 Å². The molecule has 0 aromatic heterocycles. The predicted molar refractivity (Wildman–Crippen MR) is 69.7 cm³/mol. The van der Waals surface area contributed by atoms with Crippen LogP contribution in [-0.4, -0.2) is 18.6 Å². The summed E-state index contributed by atoms with van der Waals surface area (Å²) in [4.78, 5) is 2.52. The van der Waals surface area contributed by atoms with Crippen LogP contribution < -0.4 is 10.6 Å². The van der Waals surface area contributed by atoms with E-state index in [1.54, 1.807) is 0 Å². The molecule has 0 spiro atoms. The highest BCUT2D eigenvalue weighted by Crippen LogP contribution is 2.26. The monoisotopic (exact) mass is 218 g/mol. The maximum atomic E-state index is 5.96. The predicted octanol–water partition coefficient (Wildman–Crippen LogP) is 2.78. The van der Waals surface area contributed by atoms with E-state index < -0.39 is 0 Å². The molecule has 2 nitrogen and oxygen atoms in total. The van der Waals surface area contributed by atoms with Crippen molar-refractivity contribution in [3.8, 4) is 0 Å². The number of hydrogen-bond acceptors (Lipinski definition) is 2. The zero-order chi connectivity index (χ0) is 11.4. The lowest BCUT2D eigenvalue weighted by molar-refractivity contribution is 0.378. The van der Waals surface area contributed by atoms with Crippen molar-refractivity contribution in [1.82, 2.24) is 0 Å². The first-order valence-electron chi connectivity index (χ1n) is 6.38. The Morgan fingerprint density at radius 2 is 1.75 bits per heavy atom. The minimum absolute atomic E-state index is 0.436. The number of rotatable bonds is 3. The van der Waals surface area contributed by atoms with Gasteiger partial charge in [0, 0.05) is 24.3 Å². The molecular weight excluding hydrogens is 196 g/mol. The molecule has 2 heteroatoms. The van der Waals surface area contributed by atoms with Gasteiger partial charge in [0.05, 0.1) is 0 Å². The van der Waals surface area contributed by atoms with Gasteiger partial charge in [0.25, 0.3) is 0 Å². The van der Waals surface area contributed by atoms with Gasteiger partial charge in [0.15, 0.2) is 0 Å². The summed E-state index contributed by atoms with van der Waals surface area (Å²) < 4.78 is 0. The number of anilines is 1. The van der Waals surface area contributed by atoms with Crippen molar-refractivity contribution in [3.63, 3.8) is 0 Å². The van der Waals surface area contributed by atoms with E-state index in [2.05, 4.69) is 42.2 Å². The zero-order valence-electron chi connectivity index (χ0n) is 10.1. The number of nitrogens with zero attached hydrogens (tertiary/aromatic N) is 1. The fraction of sp³-hybridized carbons (Fsp3) is 0.571. The highest BCUT2D eigenvalue weighted by molar-refractivity contribution is 5.47. The van der Waals surface area contributed by atoms with E-state index in [4.69, 9.17) is 5.73 Å². The second-order valence-corrected chi connectivity index (χ2v) is 4.69. The molecular formula is C14H22N2. The Labute approximate surface area is 98.4 Å². The number of hydrogen-bond donors (Lipinski definition) is 1. The van der Waals surface area contributed by atoms with E-state index in [9.17, 15) is 0 Å². The van der Waals surface area contributed by atoms with Gasteiger partial charge in [-0.15, -0.1) is 0 Å². The van der Waals surface area contributed by atoms with Crippen LogP contribution in [0.15, 0.2) is 30.3 Å². The van der Waals surface area contributed by atoms with Crippen molar-refractivity contribution < 1.29 is 0 Å². The Balaban J connectivity index is 2.05. The van der Waals surface area contributed by atoms with Gasteiger partial charge in [-0.3, -0.25) is 0 Å². The molecule has 1 aromatic carbocycles. The molecule has 1 fully saturated rings. The van der Waals surface area contributed by atoms with Gasteiger partial charge in [-0.1, -0.05) is 18.2 Å². The molecule has 0 amide bonds. The largest absolute Gasteiger partial charge is 0.369 e. The summed E-state index contributed by atoms with van der Waals surface area (Å²) in [5, 5.41) is 0. The van der Waals surface area contributed by atoms with Crippen LogP contribution in [0, 0.1) is 0 Å². The van der Waals surface area contributed by atoms with Crippen LogP contribution in [0.25, 0.3) is 0 Å². The van der Waals surface area contributed by atoms with Gasteiger partial charge in [-0.25, -0.2) is 0 Å². The fourth-order valence-corrected chi connectivity index (χ4v) is 2.68. The minimum Gasteiger partial charge on any atom is -0.369 e. The van der Waals surface area contributed by atoms with E-state index in [0.717, 1.165) is 6.54 Å². The minimum atomic E-state index is 0.436. The SMILES string of the molecule is CCN(c1ccccc1)C1CCC(N)CC1. The van der Waals surface area contributed by atoms with Crippen molar-refractivity contribution in [2.24, 2.45) is 5.73 Å².